The fraction of sp³-hybridized carbons (Fsp3) is 0.469. The SMILES string of the molecule is CC(C)C(C(=O)/C=C(\O)C(C(C)C)C(C)C)C(C)C.[CH2-]c1c(-c2c3sc4c(C)c(CC(C)C)ccc4c3cc[n+]2[CH2-])cc(C(C)(C)C)c2ccccc12.[Ir]. The second-order valence-corrected chi connectivity index (χ2v) is 19.1. The molecule has 3 nitrogen and oxygen atoms in total. The molecule has 0 fully saturated rings. The van der Waals surface area contributed by atoms with Crippen molar-refractivity contribution in [3.8, 4) is 11.3 Å². The maximum absolute atomic E-state index is 12.3. The van der Waals surface area contributed by atoms with Crippen molar-refractivity contribution in [1.82, 2.24) is 0 Å². The molecule has 2 aromatic heterocycles. The Morgan fingerprint density at radius 2 is 1.33 bits per heavy atom. The molecule has 0 atom stereocenters. The van der Waals surface area contributed by atoms with E-state index in [2.05, 4.69) is 166 Å². The number of aryl methyl sites for hydroxylation is 1. The first-order valence-corrected chi connectivity index (χ1v) is 20.5. The Bertz CT molecular complexity index is 2090. The van der Waals surface area contributed by atoms with Gasteiger partial charge < -0.3 is 9.67 Å². The molecule has 0 aliphatic heterocycles. The zero-order valence-corrected chi connectivity index (χ0v) is 38.7. The Balaban J connectivity index is 0.000000338. The van der Waals surface area contributed by atoms with Gasteiger partial charge in [0.2, 0.25) is 0 Å². The van der Waals surface area contributed by atoms with Gasteiger partial charge in [-0.2, -0.15) is 12.5 Å². The average Bonchev–Trinajstić information content (AvgIpc) is 3.41. The standard InChI is InChI=1S/C32H34NS.C17H32O2.Ir/c1-19(2)17-22-13-14-25-26-15-16-33(8)29(31(26)34-30(25)20(22)3)27-18-28(32(5,6)7)24-12-10-9-11-23(24)21(27)4;1-10(2)16(11(3)4)14(18)9-15(19)17(12(5)6)13(7)8;/h9-16,18-19H,4,8,17H2,1-3,5-7H3;9-13,16-18H,1-8H3;/q-1;;/b;14-9-;. The molecular weight excluding hydrogens is 859 g/mol. The van der Waals surface area contributed by atoms with Gasteiger partial charge in [-0.15, -0.1) is 34.4 Å². The summed E-state index contributed by atoms with van der Waals surface area (Å²) in [7, 11) is 4.41. The van der Waals surface area contributed by atoms with Crippen LogP contribution in [-0.2, 0) is 36.7 Å². The molecule has 54 heavy (non-hydrogen) atoms. The summed E-state index contributed by atoms with van der Waals surface area (Å²) in [6, 6.07) is 17.9. The molecular formula is C49H66IrNO2S-. The number of ketones is 1. The second-order valence-electron chi connectivity index (χ2n) is 18.0. The van der Waals surface area contributed by atoms with Crippen LogP contribution in [0.5, 0.6) is 0 Å². The minimum absolute atomic E-state index is 0. The van der Waals surface area contributed by atoms with Gasteiger partial charge in [-0.05, 0) is 76.3 Å². The van der Waals surface area contributed by atoms with E-state index in [1.54, 1.807) is 0 Å². The first kappa shape index (κ1) is 45.3. The Hall–Kier alpha value is -3.11. The van der Waals surface area contributed by atoms with Gasteiger partial charge in [-0.25, -0.2) is 0 Å². The van der Waals surface area contributed by atoms with E-state index in [1.165, 1.54) is 59.3 Å². The van der Waals surface area contributed by atoms with Gasteiger partial charge in [0.15, 0.2) is 5.78 Å². The van der Waals surface area contributed by atoms with Crippen molar-refractivity contribution in [2.24, 2.45) is 41.4 Å². The van der Waals surface area contributed by atoms with Crippen molar-refractivity contribution in [1.29, 1.82) is 0 Å². The molecule has 5 aromatic rings. The Morgan fingerprint density at radius 3 is 1.85 bits per heavy atom. The molecule has 0 spiro atoms. The number of hydrogen-bond acceptors (Lipinski definition) is 3. The predicted octanol–water partition coefficient (Wildman–Crippen LogP) is 13.6. The van der Waals surface area contributed by atoms with Crippen LogP contribution in [0.25, 0.3) is 42.2 Å². The third-order valence-electron chi connectivity index (χ3n) is 10.9. The summed E-state index contributed by atoms with van der Waals surface area (Å²) in [4.78, 5) is 12.3. The molecule has 1 N–H and O–H groups in total. The van der Waals surface area contributed by atoms with Crippen molar-refractivity contribution in [3.63, 3.8) is 0 Å². The van der Waals surface area contributed by atoms with Crippen LogP contribution in [0.1, 0.15) is 112 Å². The van der Waals surface area contributed by atoms with Gasteiger partial charge in [0.25, 0.3) is 0 Å². The molecule has 0 amide bonds. The van der Waals surface area contributed by atoms with Gasteiger partial charge in [0.1, 0.15) is 0 Å². The van der Waals surface area contributed by atoms with E-state index in [4.69, 9.17) is 0 Å². The zero-order chi connectivity index (χ0) is 39.7. The third kappa shape index (κ3) is 9.63. The molecule has 1 radical (unpaired) electrons. The van der Waals surface area contributed by atoms with Crippen LogP contribution in [0.4, 0.5) is 0 Å². The first-order chi connectivity index (χ1) is 24.7. The maximum Gasteiger partial charge on any atom is 0.162 e. The van der Waals surface area contributed by atoms with Crippen molar-refractivity contribution in [3.05, 3.63) is 103 Å². The predicted molar refractivity (Wildman–Crippen MR) is 232 cm³/mol. The maximum atomic E-state index is 12.3. The Kier molecular flexibility index (Phi) is 15.3. The number of rotatable bonds is 10. The topological polar surface area (TPSA) is 41.2 Å². The number of aromatic nitrogens is 1. The van der Waals surface area contributed by atoms with E-state index in [9.17, 15) is 9.90 Å². The van der Waals surface area contributed by atoms with Crippen molar-refractivity contribution >= 4 is 48.1 Å². The molecule has 3 aromatic carbocycles. The molecule has 0 saturated heterocycles. The van der Waals surface area contributed by atoms with E-state index in [0.29, 0.717) is 29.6 Å². The molecule has 0 unspecified atom stereocenters. The number of aliphatic hydroxyl groups excluding tert-OH is 1. The molecule has 5 rings (SSSR count). The van der Waals surface area contributed by atoms with Gasteiger partial charge >= 0.3 is 0 Å². The molecule has 2 heterocycles. The summed E-state index contributed by atoms with van der Waals surface area (Å²) >= 11 is 1.90. The second kappa shape index (κ2) is 18.2. The summed E-state index contributed by atoms with van der Waals surface area (Å²) in [5.74, 6) is 2.27. The fourth-order valence-electron chi connectivity index (χ4n) is 8.49. The minimum atomic E-state index is -0.0119. The van der Waals surface area contributed by atoms with Crippen molar-refractivity contribution in [2.45, 2.75) is 109 Å². The number of thiophene rings is 1. The van der Waals surface area contributed by atoms with E-state index in [1.807, 2.05) is 15.9 Å². The number of allylic oxidation sites excluding steroid dienone is 2. The van der Waals surface area contributed by atoms with E-state index in [0.717, 1.165) is 17.7 Å². The smallest absolute Gasteiger partial charge is 0.162 e. The van der Waals surface area contributed by atoms with E-state index >= 15 is 0 Å². The van der Waals surface area contributed by atoms with Crippen LogP contribution >= 0.6 is 11.3 Å². The summed E-state index contributed by atoms with van der Waals surface area (Å²) in [6.45, 7) is 34.9. The number of carbonyl (C=O) groups excluding carboxylic acids is 1. The number of benzene rings is 3. The van der Waals surface area contributed by atoms with Gasteiger partial charge in [0, 0.05) is 54.5 Å². The van der Waals surface area contributed by atoms with Crippen LogP contribution in [0.15, 0.2) is 66.6 Å². The number of aliphatic hydroxyl groups is 1. The fourth-order valence-corrected chi connectivity index (χ4v) is 9.88. The first-order valence-electron chi connectivity index (χ1n) is 19.7. The molecule has 5 heteroatoms. The molecule has 0 aliphatic rings. The zero-order valence-electron chi connectivity index (χ0n) is 35.5. The number of pyridine rings is 1. The van der Waals surface area contributed by atoms with E-state index in [-0.39, 0.29) is 48.9 Å². The van der Waals surface area contributed by atoms with E-state index < -0.39 is 0 Å². The monoisotopic (exact) mass is 925 g/mol. The number of hydrogen-bond donors (Lipinski definition) is 1. The summed E-state index contributed by atoms with van der Waals surface area (Å²) in [5.41, 5.74) is 7.64. The third-order valence-corrected chi connectivity index (χ3v) is 12.2. The van der Waals surface area contributed by atoms with Crippen molar-refractivity contribution < 1.29 is 34.6 Å². The summed E-state index contributed by atoms with van der Waals surface area (Å²) < 4.78 is 4.72. The number of fused-ring (bicyclic) bond motifs is 4. The number of nitrogens with zero attached hydrogens (tertiary/aromatic N) is 1. The van der Waals surface area contributed by atoms with Crippen LogP contribution in [-0.4, -0.2) is 10.9 Å². The van der Waals surface area contributed by atoms with Crippen LogP contribution in [0.2, 0.25) is 0 Å². The average molecular weight is 925 g/mol. The minimum Gasteiger partial charge on any atom is -0.512 e. The molecule has 295 valence electrons. The molecule has 0 aliphatic carbocycles. The van der Waals surface area contributed by atoms with Crippen LogP contribution < -0.4 is 4.57 Å². The van der Waals surface area contributed by atoms with Crippen LogP contribution in [0.3, 0.4) is 0 Å². The summed E-state index contributed by atoms with van der Waals surface area (Å²) in [5, 5.41) is 15.4. The normalized spacial score (nSPS) is 12.6. The largest absolute Gasteiger partial charge is 0.512 e. The Morgan fingerprint density at radius 1 is 0.796 bits per heavy atom. The van der Waals surface area contributed by atoms with Crippen molar-refractivity contribution in [2.75, 3.05) is 0 Å². The Labute approximate surface area is 345 Å². The quantitative estimate of drug-likeness (QED) is 0.0656. The van der Waals surface area contributed by atoms with Gasteiger partial charge in [-0.1, -0.05) is 131 Å². The van der Waals surface area contributed by atoms with Gasteiger partial charge in [0.05, 0.1) is 17.6 Å². The van der Waals surface area contributed by atoms with Gasteiger partial charge in [-0.3, -0.25) is 4.79 Å². The molecule has 0 saturated carbocycles. The molecule has 0 bridgehead atoms. The van der Waals surface area contributed by atoms with Crippen LogP contribution in [0, 0.1) is 62.3 Å². The summed E-state index contributed by atoms with van der Waals surface area (Å²) in [6.07, 6.45) is 4.70. The number of carbonyl (C=O) groups is 1.